The number of nitrogens with two attached hydrogens (primary N) is 1. The summed E-state index contributed by atoms with van der Waals surface area (Å²) in [5.41, 5.74) is 8.03. The van der Waals surface area contributed by atoms with Crippen LogP contribution in [-0.4, -0.2) is 11.1 Å². The predicted octanol–water partition coefficient (Wildman–Crippen LogP) is 4.02. The van der Waals surface area contributed by atoms with Crippen molar-refractivity contribution in [3.63, 3.8) is 0 Å². The van der Waals surface area contributed by atoms with E-state index in [0.717, 1.165) is 26.4 Å². The average molecular weight is 338 g/mol. The Balaban J connectivity index is 2.04. The number of benzene rings is 2. The Labute approximate surface area is 124 Å². The summed E-state index contributed by atoms with van der Waals surface area (Å²) in [6.07, 6.45) is 0. The lowest BCUT2D eigenvalue weighted by Gasteiger charge is -2.06. The molecule has 0 fully saturated rings. The molecule has 3 N–H and O–H groups in total. The zero-order valence-corrected chi connectivity index (χ0v) is 12.4. The Bertz CT molecular complexity index is 599. The van der Waals surface area contributed by atoms with E-state index in [4.69, 9.17) is 10.8 Å². The van der Waals surface area contributed by atoms with Crippen LogP contribution in [0.25, 0.3) is 0 Å². The van der Waals surface area contributed by atoms with Crippen molar-refractivity contribution < 1.29 is 9.90 Å². The lowest BCUT2D eigenvalue weighted by Crippen LogP contribution is -1.95. The van der Waals surface area contributed by atoms with Crippen LogP contribution < -0.4 is 5.73 Å². The number of hydrogen-bond acceptors (Lipinski definition) is 3. The normalized spacial score (nSPS) is 10.4. The van der Waals surface area contributed by atoms with Crippen molar-refractivity contribution in [2.45, 2.75) is 10.6 Å². The number of carbonyl (C=O) groups is 1. The fourth-order valence-corrected chi connectivity index (χ4v) is 2.84. The molecule has 5 heteroatoms. The quantitative estimate of drug-likeness (QED) is 0.653. The Morgan fingerprint density at radius 1 is 1.21 bits per heavy atom. The SMILES string of the molecule is Nc1cc(Br)ccc1SCc1ccc(C(=O)O)cc1. The minimum atomic E-state index is -0.906. The molecule has 0 heterocycles. The molecule has 0 amide bonds. The topological polar surface area (TPSA) is 63.3 Å². The van der Waals surface area contributed by atoms with Gasteiger partial charge in [0.25, 0.3) is 0 Å². The summed E-state index contributed by atoms with van der Waals surface area (Å²) in [6.45, 7) is 0. The van der Waals surface area contributed by atoms with Gasteiger partial charge in [-0.25, -0.2) is 4.79 Å². The van der Waals surface area contributed by atoms with Gasteiger partial charge in [-0.1, -0.05) is 28.1 Å². The molecule has 0 saturated heterocycles. The summed E-state index contributed by atoms with van der Waals surface area (Å²) in [5.74, 6) is -0.150. The molecule has 2 aromatic rings. The fourth-order valence-electron chi connectivity index (χ4n) is 1.56. The van der Waals surface area contributed by atoms with Crippen molar-refractivity contribution in [1.82, 2.24) is 0 Å². The Hall–Kier alpha value is -1.46. The highest BCUT2D eigenvalue weighted by Gasteiger charge is 2.04. The summed E-state index contributed by atoms with van der Waals surface area (Å²) in [5, 5.41) is 8.82. The van der Waals surface area contributed by atoms with Crippen LogP contribution in [0.5, 0.6) is 0 Å². The standard InChI is InChI=1S/C14H12BrNO2S/c15-11-5-6-13(12(16)7-11)19-8-9-1-3-10(4-2-9)14(17)18/h1-7H,8,16H2,(H,17,18). The Morgan fingerprint density at radius 3 is 2.47 bits per heavy atom. The molecule has 0 aromatic heterocycles. The summed E-state index contributed by atoms with van der Waals surface area (Å²) in [7, 11) is 0. The molecule has 0 bridgehead atoms. The maximum atomic E-state index is 10.7. The Kier molecular flexibility index (Phi) is 4.50. The van der Waals surface area contributed by atoms with Crippen molar-refractivity contribution >= 4 is 39.3 Å². The molecule has 3 nitrogen and oxygen atoms in total. The van der Waals surface area contributed by atoms with Crippen LogP contribution in [0.4, 0.5) is 5.69 Å². The van der Waals surface area contributed by atoms with Crippen LogP contribution in [0.15, 0.2) is 51.8 Å². The highest BCUT2D eigenvalue weighted by molar-refractivity contribution is 9.10. The van der Waals surface area contributed by atoms with E-state index >= 15 is 0 Å². The second-order valence-electron chi connectivity index (χ2n) is 3.97. The van der Waals surface area contributed by atoms with E-state index in [1.807, 2.05) is 30.3 Å². The zero-order chi connectivity index (χ0) is 13.8. The molecule has 0 unspecified atom stereocenters. The number of rotatable bonds is 4. The van der Waals surface area contributed by atoms with Crippen molar-refractivity contribution in [2.24, 2.45) is 0 Å². The number of carboxylic acids is 1. The van der Waals surface area contributed by atoms with Crippen molar-refractivity contribution in [3.8, 4) is 0 Å². The third-order valence-electron chi connectivity index (χ3n) is 2.57. The van der Waals surface area contributed by atoms with Gasteiger partial charge in [0.05, 0.1) is 5.56 Å². The average Bonchev–Trinajstić information content (AvgIpc) is 2.38. The van der Waals surface area contributed by atoms with Gasteiger partial charge in [-0.15, -0.1) is 11.8 Å². The second-order valence-corrected chi connectivity index (χ2v) is 5.91. The first kappa shape index (κ1) is 14.0. The second kappa shape index (κ2) is 6.12. The first-order valence-electron chi connectivity index (χ1n) is 5.56. The van der Waals surface area contributed by atoms with Crippen molar-refractivity contribution in [3.05, 3.63) is 58.1 Å². The summed E-state index contributed by atoms with van der Waals surface area (Å²) < 4.78 is 0.958. The lowest BCUT2D eigenvalue weighted by atomic mass is 10.1. The lowest BCUT2D eigenvalue weighted by molar-refractivity contribution is 0.0697. The molecular formula is C14H12BrNO2S. The minimum Gasteiger partial charge on any atom is -0.478 e. The molecule has 0 aliphatic rings. The molecule has 2 rings (SSSR count). The van der Waals surface area contributed by atoms with Crippen molar-refractivity contribution in [2.75, 3.05) is 5.73 Å². The van der Waals surface area contributed by atoms with E-state index in [0.29, 0.717) is 5.56 Å². The summed E-state index contributed by atoms with van der Waals surface area (Å²) in [4.78, 5) is 11.8. The van der Waals surface area contributed by atoms with Gasteiger partial charge in [-0.3, -0.25) is 0 Å². The van der Waals surface area contributed by atoms with E-state index < -0.39 is 5.97 Å². The minimum absolute atomic E-state index is 0.303. The van der Waals surface area contributed by atoms with Gasteiger partial charge < -0.3 is 10.8 Å². The van der Waals surface area contributed by atoms with Gasteiger partial charge in [0.1, 0.15) is 0 Å². The first-order valence-corrected chi connectivity index (χ1v) is 7.34. The van der Waals surface area contributed by atoms with Crippen LogP contribution in [-0.2, 0) is 5.75 Å². The predicted molar refractivity (Wildman–Crippen MR) is 81.5 cm³/mol. The number of aromatic carboxylic acids is 1. The fraction of sp³-hybridized carbons (Fsp3) is 0.0714. The van der Waals surface area contributed by atoms with Gasteiger partial charge in [-0.2, -0.15) is 0 Å². The summed E-state index contributed by atoms with van der Waals surface area (Å²) in [6, 6.07) is 12.7. The summed E-state index contributed by atoms with van der Waals surface area (Å²) >= 11 is 5.00. The highest BCUT2D eigenvalue weighted by Crippen LogP contribution is 2.30. The maximum absolute atomic E-state index is 10.7. The number of hydrogen-bond donors (Lipinski definition) is 2. The van der Waals surface area contributed by atoms with E-state index in [2.05, 4.69) is 15.9 Å². The smallest absolute Gasteiger partial charge is 0.335 e. The monoisotopic (exact) mass is 337 g/mol. The van der Waals surface area contributed by atoms with Crippen LogP contribution in [0.2, 0.25) is 0 Å². The highest BCUT2D eigenvalue weighted by atomic mass is 79.9. The number of thioether (sulfide) groups is 1. The molecule has 0 aliphatic carbocycles. The molecule has 2 aromatic carbocycles. The van der Waals surface area contributed by atoms with E-state index in [-0.39, 0.29) is 0 Å². The van der Waals surface area contributed by atoms with Gasteiger partial charge in [0.15, 0.2) is 0 Å². The van der Waals surface area contributed by atoms with Gasteiger partial charge in [0, 0.05) is 20.8 Å². The third-order valence-corrected chi connectivity index (χ3v) is 4.22. The molecule has 0 aliphatic heterocycles. The molecule has 0 saturated carbocycles. The van der Waals surface area contributed by atoms with Gasteiger partial charge in [0.2, 0.25) is 0 Å². The van der Waals surface area contributed by atoms with Crippen LogP contribution in [0, 0.1) is 0 Å². The van der Waals surface area contributed by atoms with E-state index in [1.54, 1.807) is 23.9 Å². The molecule has 19 heavy (non-hydrogen) atoms. The molecule has 0 radical (unpaired) electrons. The number of carboxylic acid groups (broad SMARTS) is 1. The first-order chi connectivity index (χ1) is 9.06. The molecule has 0 atom stereocenters. The van der Waals surface area contributed by atoms with Crippen molar-refractivity contribution in [1.29, 1.82) is 0 Å². The van der Waals surface area contributed by atoms with Gasteiger partial charge in [-0.05, 0) is 35.9 Å². The van der Waals surface area contributed by atoms with E-state index in [9.17, 15) is 4.79 Å². The van der Waals surface area contributed by atoms with E-state index in [1.165, 1.54) is 0 Å². The van der Waals surface area contributed by atoms with Crippen LogP contribution in [0.1, 0.15) is 15.9 Å². The largest absolute Gasteiger partial charge is 0.478 e. The zero-order valence-electron chi connectivity index (χ0n) is 9.97. The molecule has 0 spiro atoms. The molecule has 98 valence electrons. The molecular weight excluding hydrogens is 326 g/mol. The van der Waals surface area contributed by atoms with Gasteiger partial charge >= 0.3 is 5.97 Å². The Morgan fingerprint density at radius 2 is 1.89 bits per heavy atom. The number of anilines is 1. The van der Waals surface area contributed by atoms with Crippen LogP contribution >= 0.6 is 27.7 Å². The number of halogens is 1. The van der Waals surface area contributed by atoms with Crippen LogP contribution in [0.3, 0.4) is 0 Å². The number of nitrogen functional groups attached to an aromatic ring is 1. The maximum Gasteiger partial charge on any atom is 0.335 e. The third kappa shape index (κ3) is 3.75.